The van der Waals surface area contributed by atoms with E-state index in [9.17, 15) is 0 Å². The van der Waals surface area contributed by atoms with E-state index in [0.717, 1.165) is 24.9 Å². The summed E-state index contributed by atoms with van der Waals surface area (Å²) in [6.07, 6.45) is 3.78. The minimum Gasteiger partial charge on any atom is -0.365 e. The highest BCUT2D eigenvalue weighted by Crippen LogP contribution is 2.41. The Morgan fingerprint density at radius 3 is 2.15 bits per heavy atom. The fraction of sp³-hybridized carbons (Fsp3) is 0.667. The molecule has 0 saturated heterocycles. The standard InChI is InChI=1S/C18H30N2/c1-5-20(17-8-6-14(2)7-9-17)18(13-19)11-15(3)10-16(4)12-18/h6-9,15-16H,5,10-13,19H2,1-4H3. The van der Waals surface area contributed by atoms with E-state index in [0.29, 0.717) is 0 Å². The maximum absolute atomic E-state index is 6.26. The van der Waals surface area contributed by atoms with Crippen LogP contribution in [-0.4, -0.2) is 18.6 Å². The van der Waals surface area contributed by atoms with Gasteiger partial charge in [-0.2, -0.15) is 0 Å². The first kappa shape index (κ1) is 15.4. The first-order chi connectivity index (χ1) is 9.50. The Labute approximate surface area is 124 Å². The molecule has 0 aromatic heterocycles. The summed E-state index contributed by atoms with van der Waals surface area (Å²) in [6, 6.07) is 8.91. The second-order valence-electron chi connectivity index (χ2n) is 6.86. The first-order valence-corrected chi connectivity index (χ1v) is 8.05. The number of hydrogen-bond acceptors (Lipinski definition) is 2. The van der Waals surface area contributed by atoms with Crippen molar-refractivity contribution in [2.75, 3.05) is 18.0 Å². The average molecular weight is 274 g/mol. The Bertz CT molecular complexity index is 414. The van der Waals surface area contributed by atoms with Crippen LogP contribution in [0.25, 0.3) is 0 Å². The maximum atomic E-state index is 6.26. The summed E-state index contributed by atoms with van der Waals surface area (Å²) < 4.78 is 0. The van der Waals surface area contributed by atoms with Crippen LogP contribution in [0.1, 0.15) is 45.6 Å². The molecule has 0 spiro atoms. The van der Waals surface area contributed by atoms with E-state index in [1.807, 2.05) is 0 Å². The van der Waals surface area contributed by atoms with Gasteiger partial charge in [-0.3, -0.25) is 0 Å². The highest BCUT2D eigenvalue weighted by atomic mass is 15.2. The van der Waals surface area contributed by atoms with Crippen molar-refractivity contribution < 1.29 is 0 Å². The number of nitrogens with zero attached hydrogens (tertiary/aromatic N) is 1. The van der Waals surface area contributed by atoms with Crippen LogP contribution in [0, 0.1) is 18.8 Å². The Morgan fingerprint density at radius 1 is 1.15 bits per heavy atom. The minimum absolute atomic E-state index is 0.140. The van der Waals surface area contributed by atoms with Crippen LogP contribution in [-0.2, 0) is 0 Å². The molecule has 0 radical (unpaired) electrons. The van der Waals surface area contributed by atoms with Gasteiger partial charge in [-0.25, -0.2) is 0 Å². The fourth-order valence-corrected chi connectivity index (χ4v) is 4.25. The van der Waals surface area contributed by atoms with Crippen molar-refractivity contribution in [1.82, 2.24) is 0 Å². The SMILES string of the molecule is CCN(c1ccc(C)cc1)C1(CN)CC(C)CC(C)C1. The van der Waals surface area contributed by atoms with Gasteiger partial charge in [0.2, 0.25) is 0 Å². The Balaban J connectivity index is 2.33. The Morgan fingerprint density at radius 2 is 1.70 bits per heavy atom. The molecular formula is C18H30N2. The van der Waals surface area contributed by atoms with Crippen molar-refractivity contribution in [2.24, 2.45) is 17.6 Å². The molecule has 0 amide bonds. The molecule has 0 aliphatic heterocycles. The van der Waals surface area contributed by atoms with Crippen LogP contribution in [0.5, 0.6) is 0 Å². The molecule has 0 heterocycles. The quantitative estimate of drug-likeness (QED) is 0.900. The van der Waals surface area contributed by atoms with Gasteiger partial charge in [0, 0.05) is 18.8 Å². The molecule has 20 heavy (non-hydrogen) atoms. The lowest BCUT2D eigenvalue weighted by Gasteiger charge is -2.50. The van der Waals surface area contributed by atoms with E-state index in [-0.39, 0.29) is 5.54 Å². The second-order valence-corrected chi connectivity index (χ2v) is 6.86. The van der Waals surface area contributed by atoms with Gasteiger partial charge in [0.15, 0.2) is 0 Å². The number of hydrogen-bond donors (Lipinski definition) is 1. The zero-order valence-corrected chi connectivity index (χ0v) is 13.5. The highest BCUT2D eigenvalue weighted by molar-refractivity contribution is 5.50. The van der Waals surface area contributed by atoms with Crippen LogP contribution in [0.2, 0.25) is 0 Å². The van der Waals surface area contributed by atoms with Crippen LogP contribution in [0.4, 0.5) is 5.69 Å². The third-order valence-electron chi connectivity index (χ3n) is 4.88. The molecule has 1 aromatic carbocycles. The van der Waals surface area contributed by atoms with Gasteiger partial charge in [0.1, 0.15) is 0 Å². The lowest BCUT2D eigenvalue weighted by molar-refractivity contribution is 0.178. The summed E-state index contributed by atoms with van der Waals surface area (Å²) in [5, 5.41) is 0. The van der Waals surface area contributed by atoms with E-state index < -0.39 is 0 Å². The first-order valence-electron chi connectivity index (χ1n) is 8.05. The predicted molar refractivity (Wildman–Crippen MR) is 88.2 cm³/mol. The molecule has 112 valence electrons. The molecule has 2 N–H and O–H groups in total. The average Bonchev–Trinajstić information content (AvgIpc) is 2.40. The predicted octanol–water partition coefficient (Wildman–Crippen LogP) is 3.97. The summed E-state index contributed by atoms with van der Waals surface area (Å²) in [5.41, 5.74) is 9.05. The molecule has 1 aliphatic carbocycles. The lowest BCUT2D eigenvalue weighted by Crippen LogP contribution is -2.57. The molecule has 2 heteroatoms. The largest absolute Gasteiger partial charge is 0.365 e. The van der Waals surface area contributed by atoms with E-state index in [1.165, 1.54) is 30.5 Å². The van der Waals surface area contributed by atoms with Gasteiger partial charge < -0.3 is 10.6 Å². The fourth-order valence-electron chi connectivity index (χ4n) is 4.25. The van der Waals surface area contributed by atoms with Crippen LogP contribution in [0.15, 0.2) is 24.3 Å². The van der Waals surface area contributed by atoms with Crippen molar-refractivity contribution in [3.8, 4) is 0 Å². The van der Waals surface area contributed by atoms with Gasteiger partial charge in [0.25, 0.3) is 0 Å². The second kappa shape index (κ2) is 6.17. The van der Waals surface area contributed by atoms with Gasteiger partial charge >= 0.3 is 0 Å². The molecule has 1 aliphatic rings. The molecule has 1 fully saturated rings. The van der Waals surface area contributed by atoms with Gasteiger partial charge in [-0.05, 0) is 57.1 Å². The third kappa shape index (κ3) is 3.01. The van der Waals surface area contributed by atoms with Crippen molar-refractivity contribution in [1.29, 1.82) is 0 Å². The molecule has 2 rings (SSSR count). The lowest BCUT2D eigenvalue weighted by atomic mass is 9.70. The zero-order chi connectivity index (χ0) is 14.8. The number of benzene rings is 1. The Kier molecular flexibility index (Phi) is 4.74. The normalized spacial score (nSPS) is 30.2. The molecule has 1 aromatic rings. The third-order valence-corrected chi connectivity index (χ3v) is 4.88. The van der Waals surface area contributed by atoms with Crippen LogP contribution < -0.4 is 10.6 Å². The topological polar surface area (TPSA) is 29.3 Å². The number of anilines is 1. The minimum atomic E-state index is 0.140. The summed E-state index contributed by atoms with van der Waals surface area (Å²) in [6.45, 7) is 10.9. The summed E-state index contributed by atoms with van der Waals surface area (Å²) in [7, 11) is 0. The number of likely N-dealkylation sites (N-methyl/N-ethyl adjacent to an activating group) is 1. The smallest absolute Gasteiger partial charge is 0.0529 e. The van der Waals surface area contributed by atoms with Crippen molar-refractivity contribution in [3.05, 3.63) is 29.8 Å². The molecule has 2 unspecified atom stereocenters. The number of nitrogens with two attached hydrogens (primary N) is 1. The summed E-state index contributed by atoms with van der Waals surface area (Å²) in [5.74, 6) is 1.53. The highest BCUT2D eigenvalue weighted by Gasteiger charge is 2.41. The van der Waals surface area contributed by atoms with Crippen LogP contribution in [0.3, 0.4) is 0 Å². The zero-order valence-electron chi connectivity index (χ0n) is 13.5. The van der Waals surface area contributed by atoms with Gasteiger partial charge in [0.05, 0.1) is 5.54 Å². The maximum Gasteiger partial charge on any atom is 0.0529 e. The molecule has 2 nitrogen and oxygen atoms in total. The van der Waals surface area contributed by atoms with Crippen molar-refractivity contribution >= 4 is 5.69 Å². The van der Waals surface area contributed by atoms with E-state index >= 15 is 0 Å². The molecule has 1 saturated carbocycles. The van der Waals surface area contributed by atoms with E-state index in [2.05, 4.69) is 56.9 Å². The van der Waals surface area contributed by atoms with Crippen molar-refractivity contribution in [3.63, 3.8) is 0 Å². The van der Waals surface area contributed by atoms with E-state index in [1.54, 1.807) is 0 Å². The monoisotopic (exact) mass is 274 g/mol. The number of aryl methyl sites for hydroxylation is 1. The molecular weight excluding hydrogens is 244 g/mol. The molecule has 0 bridgehead atoms. The van der Waals surface area contributed by atoms with Crippen LogP contribution >= 0.6 is 0 Å². The van der Waals surface area contributed by atoms with Gasteiger partial charge in [-0.1, -0.05) is 31.5 Å². The van der Waals surface area contributed by atoms with Crippen molar-refractivity contribution in [2.45, 2.75) is 52.5 Å². The summed E-state index contributed by atoms with van der Waals surface area (Å²) in [4.78, 5) is 2.55. The number of rotatable bonds is 4. The molecule has 2 atom stereocenters. The van der Waals surface area contributed by atoms with Gasteiger partial charge in [-0.15, -0.1) is 0 Å². The Hall–Kier alpha value is -1.02. The van der Waals surface area contributed by atoms with E-state index in [4.69, 9.17) is 5.73 Å². The summed E-state index contributed by atoms with van der Waals surface area (Å²) >= 11 is 0.